The molecule has 33 heavy (non-hydrogen) atoms. The molecule has 5 aromatic rings. The maximum absolute atomic E-state index is 12.8. The molecule has 0 atom stereocenters. The minimum Gasteiger partial charge on any atom is -0.486 e. The van der Waals surface area contributed by atoms with Gasteiger partial charge < -0.3 is 10.1 Å². The van der Waals surface area contributed by atoms with Gasteiger partial charge in [0, 0.05) is 23.9 Å². The number of fused-ring (bicyclic) bond motifs is 3. The van der Waals surface area contributed by atoms with Gasteiger partial charge in [-0.3, -0.25) is 18.6 Å². The molecule has 5 rings (SSSR count). The van der Waals surface area contributed by atoms with Crippen LogP contribution in [0, 0.1) is 0 Å². The Morgan fingerprint density at radius 3 is 2.58 bits per heavy atom. The number of nitrogens with zero attached hydrogens (tertiary/aromatic N) is 4. The Labute approximate surface area is 189 Å². The summed E-state index contributed by atoms with van der Waals surface area (Å²) < 4.78 is 9.42. The van der Waals surface area contributed by atoms with Crippen LogP contribution in [0.3, 0.4) is 0 Å². The molecule has 0 spiro atoms. The predicted octanol–water partition coefficient (Wildman–Crippen LogP) is 3.90. The van der Waals surface area contributed by atoms with Crippen molar-refractivity contribution in [2.45, 2.75) is 20.1 Å². The molecule has 0 unspecified atom stereocenters. The molecule has 2 aromatic heterocycles. The molecule has 0 radical (unpaired) electrons. The maximum atomic E-state index is 12.8. The van der Waals surface area contributed by atoms with Crippen LogP contribution in [0.5, 0.6) is 5.75 Å². The van der Waals surface area contributed by atoms with E-state index in [9.17, 15) is 9.59 Å². The number of hydrogen-bond acceptors (Lipinski definition) is 5. The zero-order valence-corrected chi connectivity index (χ0v) is 17.9. The number of hydrogen-bond donors (Lipinski definition) is 1. The Bertz CT molecular complexity index is 1520. The molecule has 0 aliphatic rings. The molecule has 3 aromatic carbocycles. The van der Waals surface area contributed by atoms with Crippen LogP contribution >= 0.6 is 0 Å². The fourth-order valence-corrected chi connectivity index (χ4v) is 3.80. The fraction of sp³-hybridized carbons (Fsp3) is 0.120. The van der Waals surface area contributed by atoms with Crippen molar-refractivity contribution < 1.29 is 9.53 Å². The van der Waals surface area contributed by atoms with Crippen LogP contribution in [-0.2, 0) is 13.2 Å². The number of benzene rings is 3. The fourth-order valence-electron chi connectivity index (χ4n) is 3.80. The molecule has 0 aliphatic heterocycles. The number of carbonyl (C=O) groups is 1. The third kappa shape index (κ3) is 3.82. The van der Waals surface area contributed by atoms with E-state index in [0.717, 1.165) is 5.52 Å². The lowest BCUT2D eigenvalue weighted by Gasteiger charge is -2.11. The lowest BCUT2D eigenvalue weighted by Crippen LogP contribution is -2.22. The molecule has 0 aliphatic carbocycles. The van der Waals surface area contributed by atoms with E-state index < -0.39 is 0 Å². The summed E-state index contributed by atoms with van der Waals surface area (Å²) in [4.78, 5) is 25.2. The minimum absolute atomic E-state index is 0.0951. The van der Waals surface area contributed by atoms with Gasteiger partial charge in [-0.25, -0.2) is 0 Å². The molecule has 1 N–H and O–H groups in total. The lowest BCUT2D eigenvalue weighted by atomic mass is 10.2. The van der Waals surface area contributed by atoms with E-state index in [0.29, 0.717) is 40.5 Å². The number of carbonyl (C=O) groups excluding carboxylic acids is 1. The summed E-state index contributed by atoms with van der Waals surface area (Å²) in [6.45, 7) is 2.52. The Kier molecular flexibility index (Phi) is 5.32. The van der Waals surface area contributed by atoms with Crippen LogP contribution in [0.1, 0.15) is 23.1 Å². The monoisotopic (exact) mass is 439 g/mol. The smallest absolute Gasteiger partial charge is 0.262 e. The van der Waals surface area contributed by atoms with Gasteiger partial charge >= 0.3 is 0 Å². The summed E-state index contributed by atoms with van der Waals surface area (Å²) in [6.07, 6.45) is 0. The Morgan fingerprint density at radius 1 is 0.970 bits per heavy atom. The van der Waals surface area contributed by atoms with Crippen molar-refractivity contribution in [3.63, 3.8) is 0 Å². The average Bonchev–Trinajstić information content (AvgIpc) is 3.28. The highest BCUT2D eigenvalue weighted by atomic mass is 16.5. The molecular weight excluding hydrogens is 418 g/mol. The van der Waals surface area contributed by atoms with Crippen molar-refractivity contribution in [3.05, 3.63) is 101 Å². The van der Waals surface area contributed by atoms with E-state index in [-0.39, 0.29) is 18.1 Å². The third-order valence-corrected chi connectivity index (χ3v) is 5.39. The molecule has 8 heteroatoms. The highest BCUT2D eigenvalue weighted by Gasteiger charge is 2.16. The Balaban J connectivity index is 1.42. The zero-order chi connectivity index (χ0) is 22.8. The van der Waals surface area contributed by atoms with Gasteiger partial charge in [0.1, 0.15) is 12.4 Å². The number of anilines is 1. The normalized spacial score (nSPS) is 11.1. The van der Waals surface area contributed by atoms with Crippen LogP contribution in [0.2, 0.25) is 0 Å². The molecule has 2 heterocycles. The van der Waals surface area contributed by atoms with Gasteiger partial charge in [0.25, 0.3) is 11.5 Å². The number of aryl methyl sites for hydroxylation is 1. The summed E-state index contributed by atoms with van der Waals surface area (Å²) in [7, 11) is 0. The summed E-state index contributed by atoms with van der Waals surface area (Å²) in [6, 6.07) is 23.6. The quantitative estimate of drug-likeness (QED) is 0.433. The number of aromatic nitrogens is 4. The number of nitrogens with one attached hydrogen (secondary N) is 1. The number of ether oxygens (including phenoxy) is 1. The van der Waals surface area contributed by atoms with Gasteiger partial charge in [-0.05, 0) is 43.3 Å². The van der Waals surface area contributed by atoms with E-state index in [2.05, 4.69) is 15.5 Å². The van der Waals surface area contributed by atoms with Crippen molar-refractivity contribution in [3.8, 4) is 5.75 Å². The molecule has 164 valence electrons. The first-order chi connectivity index (χ1) is 16.2. The van der Waals surface area contributed by atoms with Gasteiger partial charge in [-0.15, -0.1) is 10.2 Å². The number of amides is 1. The first-order valence-electron chi connectivity index (χ1n) is 10.6. The molecule has 8 nitrogen and oxygen atoms in total. The molecule has 0 bridgehead atoms. The van der Waals surface area contributed by atoms with Crippen molar-refractivity contribution in [2.24, 2.45) is 0 Å². The Hall–Kier alpha value is -4.46. The van der Waals surface area contributed by atoms with Crippen LogP contribution in [0.4, 0.5) is 5.69 Å². The van der Waals surface area contributed by atoms with Crippen LogP contribution in [0.25, 0.3) is 16.7 Å². The zero-order valence-electron chi connectivity index (χ0n) is 17.9. The first kappa shape index (κ1) is 20.4. The lowest BCUT2D eigenvalue weighted by molar-refractivity contribution is 0.102. The second kappa shape index (κ2) is 8.58. The third-order valence-electron chi connectivity index (χ3n) is 5.39. The number of rotatable bonds is 6. The largest absolute Gasteiger partial charge is 0.486 e. The highest BCUT2D eigenvalue weighted by molar-refractivity contribution is 6.04. The van der Waals surface area contributed by atoms with E-state index in [4.69, 9.17) is 4.74 Å². The van der Waals surface area contributed by atoms with Gasteiger partial charge in [-0.1, -0.05) is 36.4 Å². The second-order valence-electron chi connectivity index (χ2n) is 7.45. The first-order valence-corrected chi connectivity index (χ1v) is 10.6. The summed E-state index contributed by atoms with van der Waals surface area (Å²) >= 11 is 0. The van der Waals surface area contributed by atoms with Gasteiger partial charge in [-0.2, -0.15) is 0 Å². The molecular formula is C25H21N5O3. The molecule has 0 fully saturated rings. The van der Waals surface area contributed by atoms with Gasteiger partial charge in [0.2, 0.25) is 5.78 Å². The summed E-state index contributed by atoms with van der Waals surface area (Å²) in [5, 5.41) is 12.0. The minimum atomic E-state index is -0.194. The molecule has 0 saturated heterocycles. The van der Waals surface area contributed by atoms with Gasteiger partial charge in [0.15, 0.2) is 5.82 Å². The maximum Gasteiger partial charge on any atom is 0.262 e. The van der Waals surface area contributed by atoms with Crippen molar-refractivity contribution in [1.29, 1.82) is 0 Å². The van der Waals surface area contributed by atoms with E-state index >= 15 is 0 Å². The standard InChI is InChI=1S/C25H21N5O3/c1-2-29-24(32)20-13-6-7-14-21(20)30-22(27-28-25(29)30)16-33-19-12-8-11-18(15-19)26-23(31)17-9-4-3-5-10-17/h3-15H,2,16H2,1H3,(H,26,31). The van der Waals surface area contributed by atoms with E-state index in [1.54, 1.807) is 34.9 Å². The summed E-state index contributed by atoms with van der Waals surface area (Å²) in [5.74, 6) is 1.43. The SMILES string of the molecule is CCn1c(=O)c2ccccc2n2c(COc3cccc(NC(=O)c4ccccc4)c3)nnc12. The van der Waals surface area contributed by atoms with E-state index in [1.807, 2.05) is 59.9 Å². The summed E-state index contributed by atoms with van der Waals surface area (Å²) in [5.41, 5.74) is 1.84. The van der Waals surface area contributed by atoms with Gasteiger partial charge in [0.05, 0.1) is 10.9 Å². The molecule has 0 saturated carbocycles. The van der Waals surface area contributed by atoms with Crippen LogP contribution < -0.4 is 15.6 Å². The predicted molar refractivity (Wildman–Crippen MR) is 126 cm³/mol. The average molecular weight is 439 g/mol. The second-order valence-corrected chi connectivity index (χ2v) is 7.45. The van der Waals surface area contributed by atoms with Crippen LogP contribution in [0.15, 0.2) is 83.7 Å². The van der Waals surface area contributed by atoms with Crippen molar-refractivity contribution >= 4 is 28.3 Å². The molecule has 1 amide bonds. The van der Waals surface area contributed by atoms with Crippen LogP contribution in [-0.4, -0.2) is 25.1 Å². The number of para-hydroxylation sites is 1. The van der Waals surface area contributed by atoms with Crippen molar-refractivity contribution in [1.82, 2.24) is 19.2 Å². The Morgan fingerprint density at radius 2 is 1.76 bits per heavy atom. The topological polar surface area (TPSA) is 90.5 Å². The van der Waals surface area contributed by atoms with E-state index in [1.165, 1.54) is 0 Å². The van der Waals surface area contributed by atoms with Crippen molar-refractivity contribution in [2.75, 3.05) is 5.32 Å². The highest BCUT2D eigenvalue weighted by Crippen LogP contribution is 2.20.